The standard InChI is InChI=1S/C14H18N2O5S3/c1-3-16(4-2)24(20,21)11-7-8-13(17)12(10-11)15-23(18,19)14-6-5-9-22-14/h5-10,15,17H,3-4H2,1-2H3. The second-order valence-corrected chi connectivity index (χ2v) is 9.60. The van der Waals surface area contributed by atoms with Crippen LogP contribution in [0.15, 0.2) is 44.8 Å². The lowest BCUT2D eigenvalue weighted by molar-refractivity contribution is 0.445. The summed E-state index contributed by atoms with van der Waals surface area (Å²) < 4.78 is 53.1. The fourth-order valence-corrected chi connectivity index (χ4v) is 5.62. The minimum absolute atomic E-state index is 0.0684. The molecule has 0 saturated carbocycles. The highest BCUT2D eigenvalue weighted by atomic mass is 32.2. The maximum Gasteiger partial charge on any atom is 0.271 e. The van der Waals surface area contributed by atoms with Crippen LogP contribution in [0.1, 0.15) is 13.8 Å². The van der Waals surface area contributed by atoms with Gasteiger partial charge >= 0.3 is 0 Å². The number of nitrogens with zero attached hydrogens (tertiary/aromatic N) is 1. The quantitative estimate of drug-likeness (QED) is 0.706. The zero-order chi connectivity index (χ0) is 18.0. The van der Waals surface area contributed by atoms with E-state index in [4.69, 9.17) is 0 Å². The van der Waals surface area contributed by atoms with Gasteiger partial charge in [-0.2, -0.15) is 4.31 Å². The monoisotopic (exact) mass is 390 g/mol. The third-order valence-corrected chi connectivity index (χ3v) is 8.12. The molecule has 1 heterocycles. The van der Waals surface area contributed by atoms with Gasteiger partial charge in [-0.25, -0.2) is 16.8 Å². The molecule has 10 heteroatoms. The fourth-order valence-electron chi connectivity index (χ4n) is 2.08. The summed E-state index contributed by atoms with van der Waals surface area (Å²) in [5.41, 5.74) is -0.184. The number of anilines is 1. The van der Waals surface area contributed by atoms with Crippen LogP contribution in [0, 0.1) is 0 Å². The van der Waals surface area contributed by atoms with Gasteiger partial charge in [-0.15, -0.1) is 11.3 Å². The van der Waals surface area contributed by atoms with Crippen molar-refractivity contribution in [2.75, 3.05) is 17.8 Å². The molecule has 7 nitrogen and oxygen atoms in total. The largest absolute Gasteiger partial charge is 0.506 e. The van der Waals surface area contributed by atoms with Crippen molar-refractivity contribution >= 4 is 37.1 Å². The van der Waals surface area contributed by atoms with E-state index in [1.54, 1.807) is 25.3 Å². The minimum Gasteiger partial charge on any atom is -0.506 e. The lowest BCUT2D eigenvalue weighted by atomic mass is 10.3. The zero-order valence-electron chi connectivity index (χ0n) is 13.1. The molecule has 0 radical (unpaired) electrons. The summed E-state index contributed by atoms with van der Waals surface area (Å²) in [7, 11) is -7.65. The van der Waals surface area contributed by atoms with Gasteiger partial charge in [-0.3, -0.25) is 4.72 Å². The Labute approximate surface area is 145 Å². The molecular formula is C14H18N2O5S3. The van der Waals surface area contributed by atoms with Crippen LogP contribution in [0.4, 0.5) is 5.69 Å². The number of hydrogen-bond donors (Lipinski definition) is 2. The lowest BCUT2D eigenvalue weighted by Gasteiger charge is -2.19. The molecule has 132 valence electrons. The van der Waals surface area contributed by atoms with E-state index in [0.29, 0.717) is 0 Å². The van der Waals surface area contributed by atoms with Crippen LogP contribution in [0.2, 0.25) is 0 Å². The Kier molecular flexibility index (Phi) is 5.53. The molecule has 0 unspecified atom stereocenters. The number of rotatable bonds is 7. The number of hydrogen-bond acceptors (Lipinski definition) is 6. The molecule has 2 aromatic rings. The Morgan fingerprint density at radius 1 is 1.12 bits per heavy atom. The first-order valence-corrected chi connectivity index (χ1v) is 10.9. The Hall–Kier alpha value is -1.62. The lowest BCUT2D eigenvalue weighted by Crippen LogP contribution is -2.30. The van der Waals surface area contributed by atoms with Gasteiger partial charge in [0.2, 0.25) is 10.0 Å². The topological polar surface area (TPSA) is 104 Å². The van der Waals surface area contributed by atoms with Crippen molar-refractivity contribution in [3.05, 3.63) is 35.7 Å². The van der Waals surface area contributed by atoms with Crippen molar-refractivity contribution in [3.8, 4) is 5.75 Å². The van der Waals surface area contributed by atoms with Crippen LogP contribution in [-0.2, 0) is 20.0 Å². The van der Waals surface area contributed by atoms with Crippen molar-refractivity contribution in [1.82, 2.24) is 4.31 Å². The molecule has 0 aliphatic heterocycles. The molecule has 1 aromatic heterocycles. The summed E-state index contributed by atoms with van der Waals surface area (Å²) in [6.07, 6.45) is 0. The summed E-state index contributed by atoms with van der Waals surface area (Å²) in [4.78, 5) is -0.0899. The average molecular weight is 391 g/mol. The molecule has 2 N–H and O–H groups in total. The second-order valence-electron chi connectivity index (χ2n) is 4.81. The van der Waals surface area contributed by atoms with Crippen molar-refractivity contribution in [2.45, 2.75) is 23.0 Å². The van der Waals surface area contributed by atoms with Gasteiger partial charge in [0.15, 0.2) is 0 Å². The Bertz CT molecular complexity index is 902. The molecule has 0 atom stereocenters. The normalized spacial score (nSPS) is 12.5. The fraction of sp³-hybridized carbons (Fsp3) is 0.286. The number of phenolic OH excluding ortho intramolecular Hbond substituents is 1. The SMILES string of the molecule is CCN(CC)S(=O)(=O)c1ccc(O)c(NS(=O)(=O)c2cccs2)c1. The first-order valence-electron chi connectivity index (χ1n) is 7.12. The van der Waals surface area contributed by atoms with E-state index < -0.39 is 20.0 Å². The van der Waals surface area contributed by atoms with E-state index >= 15 is 0 Å². The van der Waals surface area contributed by atoms with Crippen LogP contribution in [0.25, 0.3) is 0 Å². The summed E-state index contributed by atoms with van der Waals surface area (Å²) in [6.45, 7) is 4.00. The van der Waals surface area contributed by atoms with Gasteiger partial charge < -0.3 is 5.11 Å². The Morgan fingerprint density at radius 3 is 2.33 bits per heavy atom. The summed E-state index contributed by atoms with van der Waals surface area (Å²) in [6, 6.07) is 6.52. The van der Waals surface area contributed by atoms with E-state index in [0.717, 1.165) is 23.5 Å². The number of aromatic hydroxyl groups is 1. The molecular weight excluding hydrogens is 372 g/mol. The smallest absolute Gasteiger partial charge is 0.271 e. The van der Waals surface area contributed by atoms with E-state index in [2.05, 4.69) is 4.72 Å². The van der Waals surface area contributed by atoms with Gasteiger partial charge in [0.25, 0.3) is 10.0 Å². The van der Waals surface area contributed by atoms with E-state index in [9.17, 15) is 21.9 Å². The first-order chi connectivity index (χ1) is 11.2. The molecule has 24 heavy (non-hydrogen) atoms. The van der Waals surface area contributed by atoms with Crippen molar-refractivity contribution < 1.29 is 21.9 Å². The summed E-state index contributed by atoms with van der Waals surface area (Å²) >= 11 is 1.02. The molecule has 0 amide bonds. The predicted octanol–water partition coefficient (Wildman–Crippen LogP) is 2.29. The van der Waals surface area contributed by atoms with Gasteiger partial charge in [0, 0.05) is 13.1 Å². The maximum atomic E-state index is 12.5. The van der Waals surface area contributed by atoms with Crippen molar-refractivity contribution in [3.63, 3.8) is 0 Å². The van der Waals surface area contributed by atoms with Gasteiger partial charge in [-0.1, -0.05) is 19.9 Å². The van der Waals surface area contributed by atoms with E-state index in [1.165, 1.54) is 16.4 Å². The number of thiophene rings is 1. The molecule has 0 bridgehead atoms. The third-order valence-electron chi connectivity index (χ3n) is 3.32. The molecule has 0 saturated heterocycles. The van der Waals surface area contributed by atoms with E-state index in [1.807, 2.05) is 0 Å². The highest BCUT2D eigenvalue weighted by Gasteiger charge is 2.24. The zero-order valence-corrected chi connectivity index (χ0v) is 15.6. The number of nitrogens with one attached hydrogen (secondary N) is 1. The highest BCUT2D eigenvalue weighted by molar-refractivity contribution is 7.94. The van der Waals surface area contributed by atoms with Crippen molar-refractivity contribution in [2.24, 2.45) is 0 Å². The van der Waals surface area contributed by atoms with E-state index in [-0.39, 0.29) is 33.6 Å². The predicted molar refractivity (Wildman–Crippen MR) is 93.3 cm³/mol. The van der Waals surface area contributed by atoms with Gasteiger partial charge in [-0.05, 0) is 29.6 Å². The summed E-state index contributed by atoms with van der Waals surface area (Å²) in [5.74, 6) is -0.353. The molecule has 0 aliphatic rings. The van der Waals surface area contributed by atoms with Crippen LogP contribution in [-0.4, -0.2) is 39.3 Å². The molecule has 1 aromatic carbocycles. The summed E-state index contributed by atoms with van der Waals surface area (Å²) in [5, 5.41) is 11.5. The number of phenols is 1. The average Bonchev–Trinajstić information content (AvgIpc) is 3.05. The van der Waals surface area contributed by atoms with Crippen LogP contribution in [0.3, 0.4) is 0 Å². The Balaban J connectivity index is 2.43. The first kappa shape index (κ1) is 18.7. The highest BCUT2D eigenvalue weighted by Crippen LogP contribution is 2.30. The minimum atomic E-state index is -3.89. The number of sulfonamides is 2. The Morgan fingerprint density at radius 2 is 1.79 bits per heavy atom. The maximum absolute atomic E-state index is 12.5. The molecule has 0 fully saturated rings. The molecule has 0 spiro atoms. The second kappa shape index (κ2) is 7.09. The van der Waals surface area contributed by atoms with Gasteiger partial charge in [0.1, 0.15) is 9.96 Å². The third kappa shape index (κ3) is 3.72. The van der Waals surface area contributed by atoms with Gasteiger partial charge in [0.05, 0.1) is 10.6 Å². The molecule has 2 rings (SSSR count). The van der Waals surface area contributed by atoms with Crippen LogP contribution >= 0.6 is 11.3 Å². The van der Waals surface area contributed by atoms with Crippen LogP contribution < -0.4 is 4.72 Å². The van der Waals surface area contributed by atoms with Crippen LogP contribution in [0.5, 0.6) is 5.75 Å². The molecule has 0 aliphatic carbocycles. The van der Waals surface area contributed by atoms with Crippen molar-refractivity contribution in [1.29, 1.82) is 0 Å². The number of benzene rings is 1.